The summed E-state index contributed by atoms with van der Waals surface area (Å²) in [6.45, 7) is 0.694. The molecule has 1 amide bonds. The van der Waals surface area contributed by atoms with Gasteiger partial charge >= 0.3 is 0 Å². The molecule has 2 heterocycles. The van der Waals surface area contributed by atoms with E-state index in [1.54, 1.807) is 0 Å². The molecule has 0 radical (unpaired) electrons. The maximum atomic E-state index is 12.9. The van der Waals surface area contributed by atoms with E-state index in [9.17, 15) is 4.79 Å². The van der Waals surface area contributed by atoms with Gasteiger partial charge in [0.1, 0.15) is 6.04 Å². The van der Waals surface area contributed by atoms with Gasteiger partial charge in [-0.2, -0.15) is 4.98 Å². The van der Waals surface area contributed by atoms with Crippen molar-refractivity contribution in [2.45, 2.75) is 18.9 Å². The smallest absolute Gasteiger partial charge is 0.254 e. The lowest BCUT2D eigenvalue weighted by Crippen LogP contribution is -2.30. The van der Waals surface area contributed by atoms with Gasteiger partial charge in [0.2, 0.25) is 11.7 Å². The molecule has 1 atom stereocenters. The van der Waals surface area contributed by atoms with E-state index in [1.165, 1.54) is 0 Å². The molecule has 3 aromatic rings. The zero-order chi connectivity index (χ0) is 17.2. The number of nitrogens with zero attached hydrogens (tertiary/aromatic N) is 3. The van der Waals surface area contributed by atoms with Crippen molar-refractivity contribution >= 4 is 21.8 Å². The van der Waals surface area contributed by atoms with Crippen LogP contribution in [0, 0.1) is 0 Å². The molecule has 1 unspecified atom stereocenters. The molecule has 4 rings (SSSR count). The van der Waals surface area contributed by atoms with E-state index in [-0.39, 0.29) is 11.9 Å². The molecular weight excluding hydrogens is 382 g/mol. The minimum absolute atomic E-state index is 0.0109. The van der Waals surface area contributed by atoms with Crippen LogP contribution in [0.15, 0.2) is 63.6 Å². The summed E-state index contributed by atoms with van der Waals surface area (Å²) in [6.07, 6.45) is 1.75. The number of carbonyl (C=O) groups is 1. The Morgan fingerprint density at radius 2 is 2.00 bits per heavy atom. The second-order valence-electron chi connectivity index (χ2n) is 5.99. The van der Waals surface area contributed by atoms with E-state index < -0.39 is 0 Å². The Balaban J connectivity index is 1.60. The van der Waals surface area contributed by atoms with Crippen molar-refractivity contribution in [1.29, 1.82) is 0 Å². The Morgan fingerprint density at radius 3 is 2.80 bits per heavy atom. The highest BCUT2D eigenvalue weighted by Crippen LogP contribution is 2.33. The van der Waals surface area contributed by atoms with Gasteiger partial charge in [0.05, 0.1) is 0 Å². The molecule has 0 aliphatic carbocycles. The van der Waals surface area contributed by atoms with Gasteiger partial charge in [-0.1, -0.05) is 57.5 Å². The van der Waals surface area contributed by atoms with Crippen LogP contribution in [0.2, 0.25) is 0 Å². The summed E-state index contributed by atoms with van der Waals surface area (Å²) in [5, 5.41) is 4.08. The van der Waals surface area contributed by atoms with Crippen LogP contribution in [0.4, 0.5) is 0 Å². The zero-order valence-electron chi connectivity index (χ0n) is 13.4. The molecule has 1 aliphatic heterocycles. The van der Waals surface area contributed by atoms with Gasteiger partial charge in [-0.05, 0) is 31.0 Å². The molecule has 1 saturated heterocycles. The average Bonchev–Trinajstić information content (AvgIpc) is 3.31. The Kier molecular flexibility index (Phi) is 4.36. The highest BCUT2D eigenvalue weighted by atomic mass is 79.9. The van der Waals surface area contributed by atoms with E-state index in [2.05, 4.69) is 26.1 Å². The Labute approximate surface area is 153 Å². The van der Waals surface area contributed by atoms with Crippen LogP contribution >= 0.6 is 15.9 Å². The number of carbonyl (C=O) groups excluding carboxylic acids is 1. The second kappa shape index (κ2) is 6.80. The Hall–Kier alpha value is -2.47. The first-order valence-electron chi connectivity index (χ1n) is 8.18. The quantitative estimate of drug-likeness (QED) is 0.653. The summed E-state index contributed by atoms with van der Waals surface area (Å²) >= 11 is 3.42. The fourth-order valence-electron chi connectivity index (χ4n) is 3.13. The van der Waals surface area contributed by atoms with Crippen molar-refractivity contribution in [2.24, 2.45) is 0 Å². The van der Waals surface area contributed by atoms with E-state index in [4.69, 9.17) is 4.52 Å². The van der Waals surface area contributed by atoms with Crippen molar-refractivity contribution in [2.75, 3.05) is 6.54 Å². The SMILES string of the molecule is O=C(c1cccc(Br)c1)N1CCCC1c1nc(-c2ccccc2)no1. The largest absolute Gasteiger partial charge is 0.337 e. The van der Waals surface area contributed by atoms with Crippen LogP contribution < -0.4 is 0 Å². The summed E-state index contributed by atoms with van der Waals surface area (Å²) in [7, 11) is 0. The van der Waals surface area contributed by atoms with Gasteiger partial charge in [-0.3, -0.25) is 4.79 Å². The molecule has 25 heavy (non-hydrogen) atoms. The van der Waals surface area contributed by atoms with E-state index >= 15 is 0 Å². The maximum absolute atomic E-state index is 12.9. The minimum Gasteiger partial charge on any atom is -0.337 e. The van der Waals surface area contributed by atoms with Crippen LogP contribution in [0.5, 0.6) is 0 Å². The Morgan fingerprint density at radius 1 is 1.16 bits per heavy atom. The van der Waals surface area contributed by atoms with Gasteiger partial charge in [0.25, 0.3) is 5.91 Å². The summed E-state index contributed by atoms with van der Waals surface area (Å²) in [5.41, 5.74) is 1.56. The molecule has 5 nitrogen and oxygen atoms in total. The number of aromatic nitrogens is 2. The van der Waals surface area contributed by atoms with Crippen molar-refractivity contribution < 1.29 is 9.32 Å². The highest BCUT2D eigenvalue weighted by molar-refractivity contribution is 9.10. The fourth-order valence-corrected chi connectivity index (χ4v) is 3.53. The first-order valence-corrected chi connectivity index (χ1v) is 8.97. The number of rotatable bonds is 3. The van der Waals surface area contributed by atoms with Gasteiger partial charge in [-0.25, -0.2) is 0 Å². The Bertz CT molecular complexity index is 894. The van der Waals surface area contributed by atoms with Crippen molar-refractivity contribution in [1.82, 2.24) is 15.0 Å². The highest BCUT2D eigenvalue weighted by Gasteiger charge is 2.34. The summed E-state index contributed by atoms with van der Waals surface area (Å²) in [6, 6.07) is 16.9. The molecule has 0 saturated carbocycles. The molecule has 126 valence electrons. The summed E-state index contributed by atoms with van der Waals surface area (Å²) in [4.78, 5) is 19.2. The lowest BCUT2D eigenvalue weighted by Gasteiger charge is -2.22. The first kappa shape index (κ1) is 16.0. The van der Waals surface area contributed by atoms with Gasteiger partial charge in [0.15, 0.2) is 0 Å². The summed E-state index contributed by atoms with van der Waals surface area (Å²) < 4.78 is 6.37. The van der Waals surface area contributed by atoms with Crippen LogP contribution in [0.25, 0.3) is 11.4 Å². The van der Waals surface area contributed by atoms with Crippen LogP contribution in [-0.4, -0.2) is 27.5 Å². The molecule has 1 fully saturated rings. The first-order chi connectivity index (χ1) is 12.2. The third-order valence-electron chi connectivity index (χ3n) is 4.34. The zero-order valence-corrected chi connectivity index (χ0v) is 15.0. The lowest BCUT2D eigenvalue weighted by atomic mass is 10.1. The maximum Gasteiger partial charge on any atom is 0.254 e. The minimum atomic E-state index is -0.170. The van der Waals surface area contributed by atoms with Gasteiger partial charge in [0, 0.05) is 22.1 Å². The van der Waals surface area contributed by atoms with Gasteiger partial charge in [-0.15, -0.1) is 0 Å². The van der Waals surface area contributed by atoms with Crippen molar-refractivity contribution in [3.05, 3.63) is 70.5 Å². The van der Waals surface area contributed by atoms with E-state index in [0.717, 1.165) is 22.9 Å². The number of amides is 1. The number of likely N-dealkylation sites (tertiary alicyclic amines) is 1. The molecule has 1 aromatic heterocycles. The van der Waals surface area contributed by atoms with Crippen molar-refractivity contribution in [3.63, 3.8) is 0 Å². The van der Waals surface area contributed by atoms with Crippen LogP contribution in [-0.2, 0) is 0 Å². The standard InChI is InChI=1S/C19H16BrN3O2/c20-15-9-4-8-14(12-15)19(24)23-11-5-10-16(23)18-21-17(22-25-18)13-6-2-1-3-7-13/h1-4,6-9,12,16H,5,10-11H2. The molecule has 0 spiro atoms. The van der Waals surface area contributed by atoms with E-state index in [1.807, 2.05) is 59.5 Å². The van der Waals surface area contributed by atoms with E-state index in [0.29, 0.717) is 23.8 Å². The lowest BCUT2D eigenvalue weighted by molar-refractivity contribution is 0.0710. The molecule has 6 heteroatoms. The summed E-state index contributed by atoms with van der Waals surface area (Å²) in [5.74, 6) is 1.04. The molecule has 1 aliphatic rings. The average molecular weight is 398 g/mol. The number of hydrogen-bond donors (Lipinski definition) is 0. The topological polar surface area (TPSA) is 59.2 Å². The van der Waals surface area contributed by atoms with Crippen LogP contribution in [0.3, 0.4) is 0 Å². The normalized spacial score (nSPS) is 17.0. The monoisotopic (exact) mass is 397 g/mol. The predicted molar refractivity (Wildman–Crippen MR) is 96.9 cm³/mol. The molecule has 0 N–H and O–H groups in total. The molecular formula is C19H16BrN3O2. The van der Waals surface area contributed by atoms with Crippen LogP contribution in [0.1, 0.15) is 35.1 Å². The number of hydrogen-bond acceptors (Lipinski definition) is 4. The third kappa shape index (κ3) is 3.22. The third-order valence-corrected chi connectivity index (χ3v) is 4.84. The van der Waals surface area contributed by atoms with Crippen molar-refractivity contribution in [3.8, 4) is 11.4 Å². The predicted octanol–water partition coefficient (Wildman–Crippen LogP) is 4.48. The number of halogens is 1. The fraction of sp³-hybridized carbons (Fsp3) is 0.211. The molecule has 0 bridgehead atoms. The molecule has 2 aromatic carbocycles. The number of benzene rings is 2. The second-order valence-corrected chi connectivity index (χ2v) is 6.90. The van der Waals surface area contributed by atoms with Gasteiger partial charge < -0.3 is 9.42 Å².